The van der Waals surface area contributed by atoms with E-state index in [9.17, 15) is 14.7 Å². The zero-order valence-electron chi connectivity index (χ0n) is 27.8. The lowest BCUT2D eigenvalue weighted by Crippen LogP contribution is -2.77. The number of piperidine rings is 1. The molecular weight excluding hydrogens is 590 g/mol. The van der Waals surface area contributed by atoms with Crippen molar-refractivity contribution in [1.29, 1.82) is 0 Å². The molecule has 0 aromatic heterocycles. The van der Waals surface area contributed by atoms with E-state index in [0.717, 1.165) is 31.5 Å². The first kappa shape index (κ1) is 32.2. The fourth-order valence-electron chi connectivity index (χ4n) is 12.4. The van der Waals surface area contributed by atoms with Gasteiger partial charge in [0.05, 0.1) is 24.9 Å². The molecule has 1 aromatic carbocycles. The van der Waals surface area contributed by atoms with Gasteiger partial charge >= 0.3 is 11.9 Å². The average Bonchev–Trinajstić information content (AvgIpc) is 3.42. The standard InChI is InChI=1S/C36H49NO9/c1-7-37-19-33(20-41-3)16-15-24(42-4)36-23-17-34(40)25(43-5)18-35(46-21(2)38,28(31(36)37)29(44-6)30(33)36)27(23)32(34)45-26(39)14-13-22-11-9-8-10-12-22/h8-14,23-25,27-32,40H,7,15-20H2,1-6H3/b14-13+/t23-,24?,25+,27-,28+,29+,30-,31-,32-,33+,34-,35-,36+/m1/s1. The first-order valence-corrected chi connectivity index (χ1v) is 16.8. The van der Waals surface area contributed by atoms with Crippen molar-refractivity contribution in [2.45, 2.75) is 81.2 Å². The number of methoxy groups -OCH3 is 4. The van der Waals surface area contributed by atoms with E-state index >= 15 is 0 Å². The Morgan fingerprint density at radius 2 is 1.76 bits per heavy atom. The number of esters is 2. The number of hydrogen-bond donors (Lipinski definition) is 1. The molecule has 252 valence electrons. The second-order valence-corrected chi connectivity index (χ2v) is 14.7. The van der Waals surface area contributed by atoms with Gasteiger partial charge in [0, 0.05) is 89.0 Å². The van der Waals surface area contributed by atoms with Crippen molar-refractivity contribution in [2.75, 3.05) is 48.1 Å². The van der Waals surface area contributed by atoms with Gasteiger partial charge in [-0.05, 0) is 43.4 Å². The Labute approximate surface area is 271 Å². The maximum atomic E-state index is 13.6. The number of nitrogens with zero attached hydrogens (tertiary/aromatic N) is 1. The van der Waals surface area contributed by atoms with E-state index in [4.69, 9.17) is 28.4 Å². The number of benzene rings is 1. The van der Waals surface area contributed by atoms with Crippen LogP contribution >= 0.6 is 0 Å². The normalized spacial score (nSPS) is 46.8. The van der Waals surface area contributed by atoms with Gasteiger partial charge in [0.25, 0.3) is 0 Å². The molecule has 10 heteroatoms. The van der Waals surface area contributed by atoms with Gasteiger partial charge in [-0.15, -0.1) is 0 Å². The lowest BCUT2D eigenvalue weighted by atomic mass is 9.43. The van der Waals surface area contributed by atoms with Crippen molar-refractivity contribution in [3.05, 3.63) is 42.0 Å². The third kappa shape index (κ3) is 4.03. The third-order valence-electron chi connectivity index (χ3n) is 13.2. The highest BCUT2D eigenvalue weighted by Crippen LogP contribution is 2.80. The average molecular weight is 640 g/mol. The van der Waals surface area contributed by atoms with Crippen LogP contribution in [0, 0.1) is 34.5 Å². The Morgan fingerprint density at radius 3 is 2.39 bits per heavy atom. The maximum absolute atomic E-state index is 13.6. The number of carbonyl (C=O) groups excluding carboxylic acids is 2. The number of likely N-dealkylation sites (tertiary alicyclic amines) is 1. The molecule has 1 saturated heterocycles. The highest BCUT2D eigenvalue weighted by molar-refractivity contribution is 5.87. The van der Waals surface area contributed by atoms with Crippen LogP contribution in [0.3, 0.4) is 0 Å². The van der Waals surface area contributed by atoms with Crippen molar-refractivity contribution in [1.82, 2.24) is 4.90 Å². The van der Waals surface area contributed by atoms with Gasteiger partial charge in [-0.1, -0.05) is 37.3 Å². The molecule has 10 nitrogen and oxygen atoms in total. The van der Waals surface area contributed by atoms with Crippen LogP contribution in [0.1, 0.15) is 45.1 Å². The molecule has 5 saturated carbocycles. The van der Waals surface area contributed by atoms with Crippen LogP contribution in [0.15, 0.2) is 36.4 Å². The van der Waals surface area contributed by atoms with Crippen molar-refractivity contribution in [3.8, 4) is 0 Å². The molecule has 1 heterocycles. The van der Waals surface area contributed by atoms with E-state index < -0.39 is 46.7 Å². The monoisotopic (exact) mass is 639 g/mol. The van der Waals surface area contributed by atoms with Crippen LogP contribution in [-0.2, 0) is 38.0 Å². The highest BCUT2D eigenvalue weighted by atomic mass is 16.6. The lowest BCUT2D eigenvalue weighted by Gasteiger charge is -2.69. The predicted molar refractivity (Wildman–Crippen MR) is 167 cm³/mol. The van der Waals surface area contributed by atoms with Crippen molar-refractivity contribution in [3.63, 3.8) is 0 Å². The number of fused-ring (bicyclic) bond motifs is 2. The summed E-state index contributed by atoms with van der Waals surface area (Å²) >= 11 is 0. The molecule has 1 aromatic rings. The Kier molecular flexibility index (Phi) is 7.97. The largest absolute Gasteiger partial charge is 0.458 e. The molecular formula is C36H49NO9. The van der Waals surface area contributed by atoms with Gasteiger partial charge in [-0.3, -0.25) is 9.69 Å². The van der Waals surface area contributed by atoms with Gasteiger partial charge in [-0.25, -0.2) is 4.79 Å². The maximum Gasteiger partial charge on any atom is 0.331 e. The Bertz CT molecular complexity index is 1370. The molecule has 1 spiro atoms. The zero-order chi connectivity index (χ0) is 32.6. The minimum Gasteiger partial charge on any atom is -0.458 e. The SMILES string of the molecule is CCN1C[C@]2(COC)CCC(OC)[C@@]34[C@@H]5C[C@@]6(O)[C@@H](OC)C[C@@](OC(C)=O)([C@H]5[C@H]6OC(=O)/C=C/c5ccccc5)[C@@H]([C@H](OC)[C@H]23)[C@@H]14. The van der Waals surface area contributed by atoms with Crippen LogP contribution in [0.25, 0.3) is 6.08 Å². The third-order valence-corrected chi connectivity index (χ3v) is 13.2. The van der Waals surface area contributed by atoms with Crippen molar-refractivity contribution < 1.29 is 43.1 Å². The molecule has 46 heavy (non-hydrogen) atoms. The van der Waals surface area contributed by atoms with E-state index in [-0.39, 0.29) is 47.8 Å². The molecule has 13 atom stereocenters. The second-order valence-electron chi connectivity index (χ2n) is 14.7. The summed E-state index contributed by atoms with van der Waals surface area (Å²) in [7, 11) is 6.89. The van der Waals surface area contributed by atoms with Crippen LogP contribution in [-0.4, -0.2) is 112 Å². The summed E-state index contributed by atoms with van der Waals surface area (Å²) in [5, 5.41) is 12.8. The van der Waals surface area contributed by atoms with E-state index in [1.807, 2.05) is 30.3 Å². The summed E-state index contributed by atoms with van der Waals surface area (Å²) in [5.41, 5.74) is -2.45. The summed E-state index contributed by atoms with van der Waals surface area (Å²) in [5.74, 6) is -1.93. The summed E-state index contributed by atoms with van der Waals surface area (Å²) in [6.07, 6.45) is 3.36. The Morgan fingerprint density at radius 1 is 1.02 bits per heavy atom. The summed E-state index contributed by atoms with van der Waals surface area (Å²) in [4.78, 5) is 29.4. The fourth-order valence-corrected chi connectivity index (χ4v) is 12.4. The smallest absolute Gasteiger partial charge is 0.331 e. The molecule has 6 aliphatic rings. The zero-order valence-corrected chi connectivity index (χ0v) is 27.8. The van der Waals surface area contributed by atoms with Gasteiger partial charge in [0.2, 0.25) is 0 Å². The molecule has 5 aliphatic carbocycles. The fraction of sp³-hybridized carbons (Fsp3) is 0.722. The van der Waals surface area contributed by atoms with Crippen LogP contribution in [0.5, 0.6) is 0 Å². The molecule has 1 N–H and O–H groups in total. The van der Waals surface area contributed by atoms with E-state index in [1.165, 1.54) is 13.0 Å². The summed E-state index contributed by atoms with van der Waals surface area (Å²) < 4.78 is 38.2. The second kappa shape index (κ2) is 11.4. The van der Waals surface area contributed by atoms with Gasteiger partial charge in [0.1, 0.15) is 17.3 Å². The number of carbonyl (C=O) groups is 2. The predicted octanol–water partition coefficient (Wildman–Crippen LogP) is 3.11. The highest BCUT2D eigenvalue weighted by Gasteiger charge is 2.89. The minimum atomic E-state index is -1.49. The van der Waals surface area contributed by atoms with Gasteiger partial charge in [0.15, 0.2) is 0 Å². The first-order chi connectivity index (χ1) is 22.1. The quantitative estimate of drug-likeness (QED) is 0.303. The topological polar surface area (TPSA) is 113 Å². The van der Waals surface area contributed by atoms with E-state index in [2.05, 4.69) is 11.8 Å². The number of rotatable bonds is 10. The number of ether oxygens (including phenoxy) is 6. The number of aliphatic hydroxyl groups is 1. The molecule has 0 radical (unpaired) electrons. The van der Waals surface area contributed by atoms with Crippen molar-refractivity contribution >= 4 is 18.0 Å². The minimum absolute atomic E-state index is 0.0159. The first-order valence-electron chi connectivity index (χ1n) is 16.8. The molecule has 6 fully saturated rings. The van der Waals surface area contributed by atoms with Crippen LogP contribution in [0.2, 0.25) is 0 Å². The lowest BCUT2D eigenvalue weighted by molar-refractivity contribution is -0.289. The summed E-state index contributed by atoms with van der Waals surface area (Å²) in [6.45, 7) is 5.83. The van der Waals surface area contributed by atoms with Crippen LogP contribution in [0.4, 0.5) is 0 Å². The molecule has 7 rings (SSSR count). The molecule has 1 aliphatic heterocycles. The summed E-state index contributed by atoms with van der Waals surface area (Å²) in [6, 6.07) is 9.49. The molecule has 1 unspecified atom stereocenters. The van der Waals surface area contributed by atoms with E-state index in [1.54, 1.807) is 34.5 Å². The van der Waals surface area contributed by atoms with Gasteiger partial charge < -0.3 is 33.5 Å². The van der Waals surface area contributed by atoms with Crippen LogP contribution < -0.4 is 0 Å². The Hall–Kier alpha value is -2.34. The molecule has 7 bridgehead atoms. The number of hydrogen-bond acceptors (Lipinski definition) is 10. The molecule has 0 amide bonds. The van der Waals surface area contributed by atoms with Crippen molar-refractivity contribution in [2.24, 2.45) is 34.5 Å². The Balaban J connectivity index is 1.43. The van der Waals surface area contributed by atoms with E-state index in [0.29, 0.717) is 13.0 Å². The van der Waals surface area contributed by atoms with Gasteiger partial charge in [-0.2, -0.15) is 0 Å².